The van der Waals surface area contributed by atoms with Crippen LogP contribution in [0.1, 0.15) is 0 Å². The summed E-state index contributed by atoms with van der Waals surface area (Å²) in [6.45, 7) is -0.167. The zero-order chi connectivity index (χ0) is 13.8. The van der Waals surface area contributed by atoms with Crippen molar-refractivity contribution in [2.24, 2.45) is 0 Å². The first-order valence-corrected chi connectivity index (χ1v) is 7.46. The van der Waals surface area contributed by atoms with E-state index in [1.165, 1.54) is 11.3 Å². The number of anilines is 1. The van der Waals surface area contributed by atoms with E-state index in [9.17, 15) is 4.79 Å². The van der Waals surface area contributed by atoms with Crippen LogP contribution in [0.2, 0.25) is 10.0 Å². The van der Waals surface area contributed by atoms with Crippen molar-refractivity contribution in [3.63, 3.8) is 0 Å². The third-order valence-corrected chi connectivity index (χ3v) is 3.77. The number of nitrogens with one attached hydrogen (secondary N) is 1. The normalized spacial score (nSPS) is 10.3. The molecular formula is C11H7BrCl2N2O2S. The van der Waals surface area contributed by atoms with Crippen LogP contribution in [0.5, 0.6) is 5.75 Å². The van der Waals surface area contributed by atoms with Gasteiger partial charge >= 0.3 is 0 Å². The molecule has 8 heteroatoms. The molecule has 0 aliphatic rings. The number of thiazole rings is 1. The summed E-state index contributed by atoms with van der Waals surface area (Å²) >= 11 is 16.4. The molecule has 19 heavy (non-hydrogen) atoms. The van der Waals surface area contributed by atoms with E-state index in [2.05, 4.69) is 26.2 Å². The zero-order valence-electron chi connectivity index (χ0n) is 9.32. The molecule has 0 aliphatic heterocycles. The van der Waals surface area contributed by atoms with Gasteiger partial charge in [-0.15, -0.1) is 11.3 Å². The lowest BCUT2D eigenvalue weighted by Crippen LogP contribution is -2.20. The molecule has 0 spiro atoms. The number of carbonyl (C=O) groups is 1. The first-order valence-electron chi connectivity index (χ1n) is 5.03. The van der Waals surface area contributed by atoms with E-state index in [4.69, 9.17) is 27.9 Å². The highest BCUT2D eigenvalue weighted by atomic mass is 79.9. The Bertz CT molecular complexity index is 569. The SMILES string of the molecule is O=C(COc1c(Cl)cc(Cl)cc1Br)Nc1nccs1. The maximum atomic E-state index is 11.6. The van der Waals surface area contributed by atoms with Crippen LogP contribution in [0.25, 0.3) is 0 Å². The monoisotopic (exact) mass is 380 g/mol. The van der Waals surface area contributed by atoms with Crippen molar-refractivity contribution in [3.05, 3.63) is 38.2 Å². The van der Waals surface area contributed by atoms with Crippen molar-refractivity contribution in [3.8, 4) is 5.75 Å². The number of aromatic nitrogens is 1. The average Bonchev–Trinajstić information content (AvgIpc) is 2.80. The number of ether oxygens (including phenoxy) is 1. The minimum absolute atomic E-state index is 0.167. The van der Waals surface area contributed by atoms with E-state index < -0.39 is 0 Å². The number of carbonyl (C=O) groups excluding carboxylic acids is 1. The number of nitrogens with zero attached hydrogens (tertiary/aromatic N) is 1. The van der Waals surface area contributed by atoms with E-state index >= 15 is 0 Å². The zero-order valence-corrected chi connectivity index (χ0v) is 13.2. The molecule has 4 nitrogen and oxygen atoms in total. The molecule has 1 aromatic heterocycles. The number of benzene rings is 1. The Morgan fingerprint density at radius 2 is 2.26 bits per heavy atom. The van der Waals surface area contributed by atoms with Crippen molar-refractivity contribution in [2.45, 2.75) is 0 Å². The molecule has 0 bridgehead atoms. The first kappa shape index (κ1) is 14.6. The Morgan fingerprint density at radius 1 is 1.47 bits per heavy atom. The van der Waals surface area contributed by atoms with Crippen LogP contribution >= 0.6 is 50.5 Å². The maximum Gasteiger partial charge on any atom is 0.264 e. The highest BCUT2D eigenvalue weighted by Crippen LogP contribution is 2.35. The Hall–Kier alpha value is -0.820. The smallest absolute Gasteiger partial charge is 0.264 e. The summed E-state index contributed by atoms with van der Waals surface area (Å²) in [4.78, 5) is 15.6. The van der Waals surface area contributed by atoms with E-state index in [1.54, 1.807) is 23.7 Å². The van der Waals surface area contributed by atoms with Gasteiger partial charge in [-0.25, -0.2) is 4.98 Å². The number of hydrogen-bond donors (Lipinski definition) is 1. The molecule has 2 rings (SSSR count). The van der Waals surface area contributed by atoms with Gasteiger partial charge in [-0.3, -0.25) is 10.1 Å². The third kappa shape index (κ3) is 4.07. The standard InChI is InChI=1S/C11H7BrCl2N2O2S/c12-7-3-6(13)4-8(14)10(7)18-5-9(17)16-11-15-1-2-19-11/h1-4H,5H2,(H,15,16,17). The quantitative estimate of drug-likeness (QED) is 0.861. The molecule has 0 saturated carbocycles. The van der Waals surface area contributed by atoms with E-state index in [0.717, 1.165) is 0 Å². The van der Waals surface area contributed by atoms with E-state index in [-0.39, 0.29) is 12.5 Å². The lowest BCUT2D eigenvalue weighted by atomic mass is 10.3. The summed E-state index contributed by atoms with van der Waals surface area (Å²) < 4.78 is 5.95. The predicted molar refractivity (Wildman–Crippen MR) is 80.4 cm³/mol. The van der Waals surface area contributed by atoms with Crippen LogP contribution in [0.3, 0.4) is 0 Å². The lowest BCUT2D eigenvalue weighted by molar-refractivity contribution is -0.118. The molecule has 0 aliphatic carbocycles. The first-order chi connectivity index (χ1) is 9.06. The van der Waals surface area contributed by atoms with Gasteiger partial charge in [-0.1, -0.05) is 23.2 Å². The topological polar surface area (TPSA) is 51.2 Å². The molecule has 1 heterocycles. The molecule has 1 aromatic carbocycles. The molecular weight excluding hydrogens is 375 g/mol. The van der Waals surface area contributed by atoms with Crippen molar-refractivity contribution < 1.29 is 9.53 Å². The number of rotatable bonds is 4. The van der Waals surface area contributed by atoms with Gasteiger partial charge in [-0.2, -0.15) is 0 Å². The molecule has 2 aromatic rings. The van der Waals surface area contributed by atoms with Crippen molar-refractivity contribution >= 4 is 61.5 Å². The van der Waals surface area contributed by atoms with Crippen LogP contribution in [-0.4, -0.2) is 17.5 Å². The highest BCUT2D eigenvalue weighted by Gasteiger charge is 2.11. The summed E-state index contributed by atoms with van der Waals surface area (Å²) in [5, 5.41) is 5.71. The van der Waals surface area contributed by atoms with Gasteiger partial charge in [0.15, 0.2) is 17.5 Å². The van der Waals surface area contributed by atoms with Crippen LogP contribution in [0.15, 0.2) is 28.2 Å². The fourth-order valence-corrected chi connectivity index (χ4v) is 3.16. The Labute approximate surface area is 131 Å². The molecule has 1 N–H and O–H groups in total. The fraction of sp³-hybridized carbons (Fsp3) is 0.0909. The van der Waals surface area contributed by atoms with E-state index in [1.807, 2.05) is 0 Å². The summed E-state index contributed by atoms with van der Waals surface area (Å²) in [6.07, 6.45) is 1.60. The Balaban J connectivity index is 1.97. The van der Waals surface area contributed by atoms with Crippen molar-refractivity contribution in [1.29, 1.82) is 0 Å². The van der Waals surface area contributed by atoms with Crippen LogP contribution in [0, 0.1) is 0 Å². The number of halogens is 3. The Morgan fingerprint density at radius 3 is 2.89 bits per heavy atom. The molecule has 100 valence electrons. The minimum atomic E-state index is -0.312. The molecule has 0 radical (unpaired) electrons. The third-order valence-electron chi connectivity index (χ3n) is 1.99. The van der Waals surface area contributed by atoms with Crippen LogP contribution < -0.4 is 10.1 Å². The number of amides is 1. The van der Waals surface area contributed by atoms with Gasteiger partial charge in [0.2, 0.25) is 0 Å². The van der Waals surface area contributed by atoms with Gasteiger partial charge in [0, 0.05) is 16.6 Å². The largest absolute Gasteiger partial charge is 0.481 e. The van der Waals surface area contributed by atoms with Crippen LogP contribution in [0.4, 0.5) is 5.13 Å². The molecule has 0 unspecified atom stereocenters. The summed E-state index contributed by atoms with van der Waals surface area (Å²) in [7, 11) is 0. The Kier molecular flexibility index (Phi) is 5.04. The summed E-state index contributed by atoms with van der Waals surface area (Å²) in [6, 6.07) is 3.18. The van der Waals surface area contributed by atoms with Gasteiger partial charge in [0.25, 0.3) is 5.91 Å². The van der Waals surface area contributed by atoms with Crippen LogP contribution in [-0.2, 0) is 4.79 Å². The maximum absolute atomic E-state index is 11.6. The second-order valence-corrected chi connectivity index (χ2v) is 5.97. The van der Waals surface area contributed by atoms with Gasteiger partial charge < -0.3 is 4.74 Å². The van der Waals surface area contributed by atoms with Gasteiger partial charge in [0.1, 0.15) is 0 Å². The summed E-state index contributed by atoms with van der Waals surface area (Å²) in [5.74, 6) is 0.0632. The summed E-state index contributed by atoms with van der Waals surface area (Å²) in [5.41, 5.74) is 0. The fourth-order valence-electron chi connectivity index (χ4n) is 1.25. The minimum Gasteiger partial charge on any atom is -0.481 e. The van der Waals surface area contributed by atoms with Gasteiger partial charge in [0.05, 0.1) is 9.50 Å². The number of hydrogen-bond acceptors (Lipinski definition) is 4. The molecule has 0 atom stereocenters. The molecule has 0 fully saturated rings. The van der Waals surface area contributed by atoms with Crippen molar-refractivity contribution in [2.75, 3.05) is 11.9 Å². The van der Waals surface area contributed by atoms with E-state index in [0.29, 0.717) is 25.4 Å². The molecule has 0 saturated heterocycles. The average molecular weight is 382 g/mol. The van der Waals surface area contributed by atoms with Gasteiger partial charge in [-0.05, 0) is 28.1 Å². The molecule has 1 amide bonds. The highest BCUT2D eigenvalue weighted by molar-refractivity contribution is 9.10. The lowest BCUT2D eigenvalue weighted by Gasteiger charge is -2.10. The second kappa shape index (κ2) is 6.56. The van der Waals surface area contributed by atoms with Crippen molar-refractivity contribution in [1.82, 2.24) is 4.98 Å². The predicted octanol–water partition coefficient (Wildman–Crippen LogP) is 4.23. The second-order valence-electron chi connectivity index (χ2n) is 3.37.